The van der Waals surface area contributed by atoms with Crippen molar-refractivity contribution >= 4 is 15.7 Å². The third kappa shape index (κ3) is 3.06. The van der Waals surface area contributed by atoms with Gasteiger partial charge < -0.3 is 5.73 Å². The molecule has 0 fully saturated rings. The monoisotopic (exact) mass is 288 g/mol. The second-order valence-electron chi connectivity index (χ2n) is 4.63. The first-order chi connectivity index (χ1) is 8.75. The van der Waals surface area contributed by atoms with Gasteiger partial charge in [0, 0.05) is 13.1 Å². The third-order valence-corrected chi connectivity index (χ3v) is 5.28. The Kier molecular flexibility index (Phi) is 4.92. The van der Waals surface area contributed by atoms with E-state index in [1.54, 1.807) is 7.05 Å². The van der Waals surface area contributed by atoms with Crippen LogP contribution in [0.1, 0.15) is 32.3 Å². The van der Waals surface area contributed by atoms with Gasteiger partial charge >= 0.3 is 0 Å². The van der Waals surface area contributed by atoms with Crippen LogP contribution in [0.5, 0.6) is 0 Å². The van der Waals surface area contributed by atoms with Gasteiger partial charge in [-0.3, -0.25) is 0 Å². The Morgan fingerprint density at radius 2 is 1.84 bits per heavy atom. The molecule has 6 heteroatoms. The van der Waals surface area contributed by atoms with Crippen LogP contribution in [0.2, 0.25) is 0 Å². The van der Waals surface area contributed by atoms with Gasteiger partial charge in [0.15, 0.2) is 0 Å². The maximum Gasteiger partial charge on any atom is 0.243 e. The first kappa shape index (κ1) is 15.9. The van der Waals surface area contributed by atoms with E-state index in [0.29, 0.717) is 0 Å². The van der Waals surface area contributed by atoms with Gasteiger partial charge in [0.05, 0.1) is 10.6 Å². The maximum atomic E-state index is 13.5. The Hall–Kier alpha value is -1.14. The average Bonchev–Trinajstić information content (AvgIpc) is 2.36. The van der Waals surface area contributed by atoms with Gasteiger partial charge in [-0.25, -0.2) is 12.8 Å². The predicted molar refractivity (Wildman–Crippen MR) is 74.9 cm³/mol. The number of aryl methyl sites for hydroxylation is 1. The molecule has 19 heavy (non-hydrogen) atoms. The van der Waals surface area contributed by atoms with Crippen molar-refractivity contribution in [3.05, 3.63) is 23.5 Å². The maximum absolute atomic E-state index is 13.5. The van der Waals surface area contributed by atoms with Crippen molar-refractivity contribution < 1.29 is 12.8 Å². The molecule has 108 valence electrons. The fourth-order valence-electron chi connectivity index (χ4n) is 2.08. The molecule has 0 unspecified atom stereocenters. The van der Waals surface area contributed by atoms with Crippen molar-refractivity contribution in [2.45, 2.75) is 44.6 Å². The number of nitrogen functional groups attached to an aromatic ring is 1. The Morgan fingerprint density at radius 3 is 2.26 bits per heavy atom. The molecule has 0 aliphatic carbocycles. The van der Waals surface area contributed by atoms with Crippen LogP contribution >= 0.6 is 0 Å². The lowest BCUT2D eigenvalue weighted by molar-refractivity contribution is 0.349. The van der Waals surface area contributed by atoms with E-state index in [2.05, 4.69) is 0 Å². The van der Waals surface area contributed by atoms with Crippen molar-refractivity contribution in [1.29, 1.82) is 0 Å². The molecule has 0 aromatic heterocycles. The smallest absolute Gasteiger partial charge is 0.243 e. The number of hydrogen-bond donors (Lipinski definition) is 1. The number of halogens is 1. The van der Waals surface area contributed by atoms with Gasteiger partial charge in [-0.15, -0.1) is 0 Å². The number of benzene rings is 1. The molecule has 0 aliphatic heterocycles. The minimum Gasteiger partial charge on any atom is -0.396 e. The molecule has 1 aromatic rings. The largest absolute Gasteiger partial charge is 0.396 e. The Labute approximate surface area is 114 Å². The minimum absolute atomic E-state index is 0.0401. The molecule has 4 nitrogen and oxygen atoms in total. The van der Waals surface area contributed by atoms with Gasteiger partial charge in [0.25, 0.3) is 0 Å². The summed E-state index contributed by atoms with van der Waals surface area (Å²) in [5.41, 5.74) is 5.59. The fraction of sp³-hybridized carbons (Fsp3) is 0.538. The Bertz CT molecular complexity index is 531. The fourth-order valence-corrected chi connectivity index (χ4v) is 3.70. The second kappa shape index (κ2) is 5.88. The van der Waals surface area contributed by atoms with E-state index in [-0.39, 0.29) is 22.2 Å². The normalized spacial score (nSPS) is 12.4. The number of hydrogen-bond acceptors (Lipinski definition) is 3. The van der Waals surface area contributed by atoms with Crippen molar-refractivity contribution in [3.8, 4) is 0 Å². The quantitative estimate of drug-likeness (QED) is 0.847. The SMILES string of the molecule is CCC(CC)N(C)S(=O)(=O)c1cc(C)c(F)c(N)c1. The molecular formula is C13H21FN2O2S. The van der Waals surface area contributed by atoms with E-state index in [1.165, 1.54) is 23.4 Å². The first-order valence-electron chi connectivity index (χ1n) is 6.29. The van der Waals surface area contributed by atoms with Gasteiger partial charge in [0.2, 0.25) is 10.0 Å². The number of nitrogens with two attached hydrogens (primary N) is 1. The van der Waals surface area contributed by atoms with E-state index in [4.69, 9.17) is 5.73 Å². The summed E-state index contributed by atoms with van der Waals surface area (Å²) in [7, 11) is -2.09. The van der Waals surface area contributed by atoms with Crippen LogP contribution in [0.4, 0.5) is 10.1 Å². The van der Waals surface area contributed by atoms with Crippen molar-refractivity contribution in [1.82, 2.24) is 4.31 Å². The Morgan fingerprint density at radius 1 is 1.32 bits per heavy atom. The second-order valence-corrected chi connectivity index (χ2v) is 6.63. The van der Waals surface area contributed by atoms with E-state index >= 15 is 0 Å². The molecule has 0 atom stereocenters. The van der Waals surface area contributed by atoms with Crippen molar-refractivity contribution in [2.75, 3.05) is 12.8 Å². The molecule has 0 heterocycles. The molecular weight excluding hydrogens is 267 g/mol. The molecule has 0 aliphatic rings. The topological polar surface area (TPSA) is 63.4 Å². The molecule has 1 rings (SSSR count). The highest BCUT2D eigenvalue weighted by Gasteiger charge is 2.27. The zero-order valence-corrected chi connectivity index (χ0v) is 12.6. The molecule has 0 radical (unpaired) electrons. The van der Waals surface area contributed by atoms with E-state index in [1.807, 2.05) is 13.8 Å². The van der Waals surface area contributed by atoms with Crippen molar-refractivity contribution in [3.63, 3.8) is 0 Å². The van der Waals surface area contributed by atoms with E-state index in [9.17, 15) is 12.8 Å². The lowest BCUT2D eigenvalue weighted by Crippen LogP contribution is -2.36. The lowest BCUT2D eigenvalue weighted by Gasteiger charge is -2.25. The summed E-state index contributed by atoms with van der Waals surface area (Å²) >= 11 is 0. The van der Waals surface area contributed by atoms with Crippen LogP contribution in [-0.4, -0.2) is 25.8 Å². The summed E-state index contributed by atoms with van der Waals surface area (Å²) in [5.74, 6) is -0.566. The van der Waals surface area contributed by atoms with Crippen LogP contribution in [0, 0.1) is 12.7 Å². The summed E-state index contributed by atoms with van der Waals surface area (Å²) in [5, 5.41) is 0. The summed E-state index contributed by atoms with van der Waals surface area (Å²) in [4.78, 5) is 0.0401. The zero-order valence-electron chi connectivity index (χ0n) is 11.8. The summed E-state index contributed by atoms with van der Waals surface area (Å²) in [6, 6.07) is 2.42. The van der Waals surface area contributed by atoms with Gasteiger partial charge in [-0.05, 0) is 37.5 Å². The van der Waals surface area contributed by atoms with Crippen LogP contribution in [0.25, 0.3) is 0 Å². The lowest BCUT2D eigenvalue weighted by atomic mass is 10.2. The summed E-state index contributed by atoms with van der Waals surface area (Å²) in [6.45, 7) is 5.37. The van der Waals surface area contributed by atoms with Gasteiger partial charge in [-0.1, -0.05) is 13.8 Å². The van der Waals surface area contributed by atoms with Crippen LogP contribution in [-0.2, 0) is 10.0 Å². The summed E-state index contributed by atoms with van der Waals surface area (Å²) in [6.07, 6.45) is 1.45. The van der Waals surface area contributed by atoms with Gasteiger partial charge in [-0.2, -0.15) is 4.31 Å². The molecule has 0 saturated carbocycles. The van der Waals surface area contributed by atoms with Crippen LogP contribution in [0.3, 0.4) is 0 Å². The number of rotatable bonds is 5. The third-order valence-electron chi connectivity index (χ3n) is 3.39. The molecule has 2 N–H and O–H groups in total. The van der Waals surface area contributed by atoms with E-state index < -0.39 is 15.8 Å². The van der Waals surface area contributed by atoms with Gasteiger partial charge in [0.1, 0.15) is 5.82 Å². The molecule has 0 bridgehead atoms. The standard InChI is InChI=1S/C13H21FN2O2S/c1-5-10(6-2)16(4)19(17,18)11-7-9(3)13(14)12(15)8-11/h7-8,10H,5-6,15H2,1-4H3. The minimum atomic E-state index is -3.64. The molecule has 0 amide bonds. The highest BCUT2D eigenvalue weighted by atomic mass is 32.2. The first-order valence-corrected chi connectivity index (χ1v) is 7.73. The zero-order chi connectivity index (χ0) is 14.8. The predicted octanol–water partition coefficient (Wildman–Crippen LogP) is 2.53. The highest BCUT2D eigenvalue weighted by molar-refractivity contribution is 7.89. The number of sulfonamides is 1. The van der Waals surface area contributed by atoms with Crippen LogP contribution in [0.15, 0.2) is 17.0 Å². The van der Waals surface area contributed by atoms with E-state index in [0.717, 1.165) is 12.8 Å². The van der Waals surface area contributed by atoms with Crippen LogP contribution < -0.4 is 5.73 Å². The molecule has 0 saturated heterocycles. The average molecular weight is 288 g/mol. The molecule has 1 aromatic carbocycles. The number of anilines is 1. The number of nitrogens with zero attached hydrogens (tertiary/aromatic N) is 1. The summed E-state index contributed by atoms with van der Waals surface area (Å²) < 4.78 is 39.7. The Balaban J connectivity index is 3.28. The highest BCUT2D eigenvalue weighted by Crippen LogP contribution is 2.25. The van der Waals surface area contributed by atoms with Crippen molar-refractivity contribution in [2.24, 2.45) is 0 Å². The molecule has 0 spiro atoms.